The lowest BCUT2D eigenvalue weighted by atomic mass is 10.2. The molecule has 0 aliphatic rings. The van der Waals surface area contributed by atoms with Gasteiger partial charge in [-0.15, -0.1) is 0 Å². The van der Waals surface area contributed by atoms with E-state index in [1.165, 1.54) is 0 Å². The summed E-state index contributed by atoms with van der Waals surface area (Å²) in [6.07, 6.45) is -0.356. The van der Waals surface area contributed by atoms with Gasteiger partial charge < -0.3 is 19.6 Å². The van der Waals surface area contributed by atoms with E-state index in [0.717, 1.165) is 3.57 Å². The Morgan fingerprint density at radius 2 is 1.65 bits per heavy atom. The molecule has 0 heterocycles. The molecule has 1 aromatic carbocycles. The predicted octanol–water partition coefficient (Wildman–Crippen LogP) is 1.52. The fourth-order valence-corrected chi connectivity index (χ4v) is 4.38. The van der Waals surface area contributed by atoms with E-state index in [1.54, 1.807) is 24.3 Å². The highest BCUT2D eigenvalue weighted by Crippen LogP contribution is 2.60. The smallest absolute Gasteiger partial charge is 0.324 e. The van der Waals surface area contributed by atoms with E-state index in [0.29, 0.717) is 5.56 Å². The van der Waals surface area contributed by atoms with Gasteiger partial charge in [0.1, 0.15) is 0 Å². The summed E-state index contributed by atoms with van der Waals surface area (Å²) in [5.41, 5.74) is 0.480. The first-order valence-electron chi connectivity index (χ1n) is 4.45. The van der Waals surface area contributed by atoms with E-state index >= 15 is 0 Å². The molecule has 17 heavy (non-hydrogen) atoms. The van der Waals surface area contributed by atoms with Crippen LogP contribution >= 0.6 is 37.8 Å². The fourth-order valence-electron chi connectivity index (χ4n) is 1.31. The van der Waals surface area contributed by atoms with E-state index in [2.05, 4.69) is 0 Å². The van der Waals surface area contributed by atoms with Crippen molar-refractivity contribution in [1.82, 2.24) is 0 Å². The molecular weight excluding hydrogens is 385 g/mol. The van der Waals surface area contributed by atoms with Gasteiger partial charge in [-0.05, 0) is 46.7 Å². The third-order valence-electron chi connectivity index (χ3n) is 2.08. The second kappa shape index (κ2) is 5.48. The molecule has 4 N–H and O–H groups in total. The van der Waals surface area contributed by atoms with Crippen molar-refractivity contribution in [2.24, 2.45) is 0 Å². The number of hydrogen-bond donors (Lipinski definition) is 4. The topological polar surface area (TPSA) is 115 Å². The Hall–Kier alpha value is 0.250. The molecule has 1 aromatic rings. The van der Waals surface area contributed by atoms with Crippen molar-refractivity contribution in [3.8, 4) is 0 Å². The normalized spacial score (nSPS) is 13.1. The number of halogens is 1. The lowest BCUT2D eigenvalue weighted by molar-refractivity contribution is 0.338. The maximum absolute atomic E-state index is 11.1. The molecule has 0 radical (unpaired) electrons. The molecule has 96 valence electrons. The van der Waals surface area contributed by atoms with E-state index < -0.39 is 20.6 Å². The molecule has 0 saturated carbocycles. The molecular formula is C8H11IO6P2. The molecule has 9 heteroatoms. The molecule has 0 aliphatic carbocycles. The van der Waals surface area contributed by atoms with Crippen molar-refractivity contribution in [2.75, 3.05) is 0 Å². The Morgan fingerprint density at radius 3 is 2.06 bits per heavy atom. The summed E-state index contributed by atoms with van der Waals surface area (Å²) in [5, 5.41) is -1.98. The van der Waals surface area contributed by atoms with Gasteiger partial charge in [0, 0.05) is 3.57 Å². The van der Waals surface area contributed by atoms with E-state index in [1.807, 2.05) is 22.6 Å². The van der Waals surface area contributed by atoms with Crippen LogP contribution in [0.1, 0.15) is 5.56 Å². The van der Waals surface area contributed by atoms with Crippen LogP contribution in [0.4, 0.5) is 0 Å². The van der Waals surface area contributed by atoms with Gasteiger partial charge in [-0.2, -0.15) is 0 Å². The zero-order valence-electron chi connectivity index (χ0n) is 8.47. The highest BCUT2D eigenvalue weighted by Gasteiger charge is 2.43. The molecule has 0 bridgehead atoms. The summed E-state index contributed by atoms with van der Waals surface area (Å²) in [4.78, 5) is 35.8. The Kier molecular flexibility index (Phi) is 4.94. The minimum Gasteiger partial charge on any atom is -0.324 e. The average Bonchev–Trinajstić information content (AvgIpc) is 2.10. The minimum atomic E-state index is -4.84. The Labute approximate surface area is 112 Å². The maximum Gasteiger partial charge on any atom is 0.341 e. The Morgan fingerprint density at radius 1 is 1.12 bits per heavy atom. The summed E-state index contributed by atoms with van der Waals surface area (Å²) >= 11 is 2.01. The average molecular weight is 396 g/mol. The van der Waals surface area contributed by atoms with Crippen LogP contribution in [-0.4, -0.2) is 25.0 Å². The largest absolute Gasteiger partial charge is 0.341 e. The summed E-state index contributed by atoms with van der Waals surface area (Å²) < 4.78 is 23.0. The number of hydrogen-bond acceptors (Lipinski definition) is 2. The second-order valence-electron chi connectivity index (χ2n) is 3.49. The fraction of sp³-hybridized carbons (Fsp3) is 0.250. The minimum absolute atomic E-state index is 0.356. The highest BCUT2D eigenvalue weighted by atomic mass is 131. The van der Waals surface area contributed by atoms with Crippen LogP contribution in [0.25, 0.3) is 0 Å². The van der Waals surface area contributed by atoms with E-state index in [9.17, 15) is 9.13 Å². The summed E-state index contributed by atoms with van der Waals surface area (Å²) in [6.45, 7) is 0. The maximum atomic E-state index is 11.1. The summed E-state index contributed by atoms with van der Waals surface area (Å²) in [5.74, 6) is 0. The summed E-state index contributed by atoms with van der Waals surface area (Å²) in [6, 6.07) is 6.63. The van der Waals surface area contributed by atoms with Crippen LogP contribution in [0, 0.1) is 3.57 Å². The monoisotopic (exact) mass is 396 g/mol. The zero-order valence-corrected chi connectivity index (χ0v) is 12.4. The van der Waals surface area contributed by atoms with Gasteiger partial charge in [0.25, 0.3) is 0 Å². The predicted molar refractivity (Wildman–Crippen MR) is 70.7 cm³/mol. The van der Waals surface area contributed by atoms with Crippen LogP contribution in [0.15, 0.2) is 24.3 Å². The van der Waals surface area contributed by atoms with Gasteiger partial charge >= 0.3 is 15.2 Å². The van der Waals surface area contributed by atoms with Crippen molar-refractivity contribution in [3.05, 3.63) is 33.4 Å². The van der Waals surface area contributed by atoms with Crippen molar-refractivity contribution in [3.63, 3.8) is 0 Å². The molecule has 0 saturated heterocycles. The van der Waals surface area contributed by atoms with Crippen LogP contribution in [0.5, 0.6) is 0 Å². The van der Waals surface area contributed by atoms with Gasteiger partial charge in [0.05, 0.1) is 0 Å². The Balaban J connectivity index is 3.04. The first-order chi connectivity index (χ1) is 7.60. The molecule has 0 aromatic heterocycles. The molecule has 0 fully saturated rings. The first kappa shape index (κ1) is 15.3. The van der Waals surface area contributed by atoms with Crippen molar-refractivity contribution in [1.29, 1.82) is 0 Å². The molecule has 0 amide bonds. The highest BCUT2D eigenvalue weighted by molar-refractivity contribution is 14.1. The lowest BCUT2D eigenvalue weighted by Crippen LogP contribution is -2.12. The van der Waals surface area contributed by atoms with Gasteiger partial charge in [-0.3, -0.25) is 9.13 Å². The quantitative estimate of drug-likeness (QED) is 0.453. The third-order valence-corrected chi connectivity index (χ3v) is 6.48. The van der Waals surface area contributed by atoms with Crippen molar-refractivity contribution < 1.29 is 28.7 Å². The molecule has 0 spiro atoms. The third kappa shape index (κ3) is 4.79. The second-order valence-corrected chi connectivity index (χ2v) is 8.75. The van der Waals surface area contributed by atoms with Crippen molar-refractivity contribution >= 4 is 37.8 Å². The molecule has 0 atom stereocenters. The molecule has 6 nitrogen and oxygen atoms in total. The molecule has 0 aliphatic heterocycles. The lowest BCUT2D eigenvalue weighted by Gasteiger charge is -2.19. The van der Waals surface area contributed by atoms with Crippen LogP contribution < -0.4 is 0 Å². The number of benzene rings is 1. The summed E-state index contributed by atoms with van der Waals surface area (Å²) in [7, 11) is -9.69. The van der Waals surface area contributed by atoms with Gasteiger partial charge in [-0.1, -0.05) is 12.1 Å². The van der Waals surface area contributed by atoms with Gasteiger partial charge in [-0.25, -0.2) is 0 Å². The van der Waals surface area contributed by atoms with E-state index in [4.69, 9.17) is 19.6 Å². The Bertz CT molecular complexity index is 471. The van der Waals surface area contributed by atoms with Gasteiger partial charge in [0.2, 0.25) is 0 Å². The van der Waals surface area contributed by atoms with E-state index in [-0.39, 0.29) is 6.42 Å². The van der Waals surface area contributed by atoms with Crippen LogP contribution in [-0.2, 0) is 15.6 Å². The van der Waals surface area contributed by atoms with Crippen LogP contribution in [0.3, 0.4) is 0 Å². The standard InChI is InChI=1S/C8H11IO6P2/c9-7-3-1-2-6(4-7)5-8(16(10,11)12)17(13,14)15/h1-4,8H,5H2,(H2,10,11,12)(H2,13,14,15)/i9+4. The first-order valence-corrected chi connectivity index (χ1v) is 8.90. The van der Waals surface area contributed by atoms with Crippen LogP contribution in [0.2, 0.25) is 0 Å². The molecule has 0 unspecified atom stereocenters. The zero-order chi connectivity index (χ0) is 13.3. The number of rotatable bonds is 4. The van der Waals surface area contributed by atoms with Crippen molar-refractivity contribution in [2.45, 2.75) is 11.8 Å². The van der Waals surface area contributed by atoms with Gasteiger partial charge in [0.15, 0.2) is 5.40 Å². The molecule has 1 rings (SSSR count). The SMILES string of the molecule is O=P(O)(O)C(Cc1cccc([131I])c1)P(=O)(O)O.